The fourth-order valence-electron chi connectivity index (χ4n) is 1.22. The van der Waals surface area contributed by atoms with Gasteiger partial charge >= 0.3 is 0 Å². The van der Waals surface area contributed by atoms with Gasteiger partial charge < -0.3 is 5.73 Å². The molecule has 0 saturated heterocycles. The summed E-state index contributed by atoms with van der Waals surface area (Å²) in [7, 11) is 0. The molecule has 0 heterocycles. The van der Waals surface area contributed by atoms with Crippen LogP contribution in [0.2, 0.25) is 0 Å². The number of nitrogens with two attached hydrogens (primary N) is 1. The van der Waals surface area contributed by atoms with E-state index in [0.29, 0.717) is 5.56 Å². The predicted molar refractivity (Wildman–Crippen MR) is 53.6 cm³/mol. The number of carbonyl (C=O) groups excluding carboxylic acids is 1. The number of primary amides is 1. The lowest BCUT2D eigenvalue weighted by molar-refractivity contribution is 0.100. The molecule has 13 heavy (non-hydrogen) atoms. The molecule has 0 saturated carbocycles. The van der Waals surface area contributed by atoms with E-state index in [-0.39, 0.29) is 5.91 Å². The fourth-order valence-corrected chi connectivity index (χ4v) is 1.22. The molecule has 0 aliphatic rings. The minimum absolute atomic E-state index is 0.359. The molecular weight excluding hydrogens is 162 g/mol. The number of amides is 1. The van der Waals surface area contributed by atoms with Crippen LogP contribution in [-0.2, 0) is 6.42 Å². The van der Waals surface area contributed by atoms with Crippen molar-refractivity contribution >= 4 is 5.91 Å². The molecule has 0 aromatic heterocycles. The van der Waals surface area contributed by atoms with Crippen molar-refractivity contribution in [2.45, 2.75) is 26.2 Å². The van der Waals surface area contributed by atoms with Gasteiger partial charge in [0.05, 0.1) is 0 Å². The van der Waals surface area contributed by atoms with E-state index in [1.54, 1.807) is 12.1 Å². The van der Waals surface area contributed by atoms with Crippen LogP contribution in [0.1, 0.15) is 35.7 Å². The van der Waals surface area contributed by atoms with Crippen LogP contribution in [0.5, 0.6) is 0 Å². The number of unbranched alkanes of at least 4 members (excludes halogenated alkanes) is 1. The summed E-state index contributed by atoms with van der Waals surface area (Å²) in [6, 6.07) is 7.51. The molecule has 1 aromatic rings. The highest BCUT2D eigenvalue weighted by Gasteiger charge is 1.98. The first-order valence-corrected chi connectivity index (χ1v) is 4.62. The maximum Gasteiger partial charge on any atom is 0.248 e. The van der Waals surface area contributed by atoms with Gasteiger partial charge in [0.25, 0.3) is 0 Å². The molecule has 0 bridgehead atoms. The van der Waals surface area contributed by atoms with Crippen LogP contribution in [0.4, 0.5) is 0 Å². The molecule has 0 aliphatic heterocycles. The van der Waals surface area contributed by atoms with E-state index in [1.807, 2.05) is 12.1 Å². The molecule has 2 heteroatoms. The van der Waals surface area contributed by atoms with E-state index in [0.717, 1.165) is 6.42 Å². The average Bonchev–Trinajstić information content (AvgIpc) is 2.15. The van der Waals surface area contributed by atoms with Gasteiger partial charge in [-0.15, -0.1) is 0 Å². The fraction of sp³-hybridized carbons (Fsp3) is 0.364. The molecule has 0 atom stereocenters. The minimum Gasteiger partial charge on any atom is -0.366 e. The summed E-state index contributed by atoms with van der Waals surface area (Å²) in [6.45, 7) is 2.16. The molecule has 2 nitrogen and oxygen atoms in total. The van der Waals surface area contributed by atoms with Gasteiger partial charge in [-0.05, 0) is 30.5 Å². The molecule has 70 valence electrons. The first kappa shape index (κ1) is 9.78. The summed E-state index contributed by atoms with van der Waals surface area (Å²) < 4.78 is 0. The predicted octanol–water partition coefficient (Wildman–Crippen LogP) is 2.13. The number of hydrogen-bond acceptors (Lipinski definition) is 1. The first-order valence-electron chi connectivity index (χ1n) is 4.62. The normalized spacial score (nSPS) is 9.92. The maximum absolute atomic E-state index is 10.7. The van der Waals surface area contributed by atoms with Crippen molar-refractivity contribution in [3.05, 3.63) is 35.4 Å². The molecule has 1 amide bonds. The Morgan fingerprint density at radius 1 is 1.31 bits per heavy atom. The Morgan fingerprint density at radius 2 is 1.92 bits per heavy atom. The van der Waals surface area contributed by atoms with Crippen LogP contribution < -0.4 is 5.73 Å². The Morgan fingerprint density at radius 3 is 2.38 bits per heavy atom. The highest BCUT2D eigenvalue weighted by atomic mass is 16.1. The second-order valence-electron chi connectivity index (χ2n) is 3.16. The zero-order chi connectivity index (χ0) is 9.68. The third kappa shape index (κ3) is 2.90. The van der Waals surface area contributed by atoms with E-state index in [1.165, 1.54) is 18.4 Å². The Bertz CT molecular complexity index is 277. The number of rotatable bonds is 4. The SMILES string of the molecule is CCCCc1ccc(C(N)=O)cc1. The quantitative estimate of drug-likeness (QED) is 0.752. The van der Waals surface area contributed by atoms with Gasteiger partial charge in [0.15, 0.2) is 0 Å². The first-order chi connectivity index (χ1) is 6.24. The van der Waals surface area contributed by atoms with Gasteiger partial charge in [-0.25, -0.2) is 0 Å². The van der Waals surface area contributed by atoms with Crippen LogP contribution in [0.3, 0.4) is 0 Å². The third-order valence-electron chi connectivity index (χ3n) is 2.06. The van der Waals surface area contributed by atoms with Crippen molar-refractivity contribution < 1.29 is 4.79 Å². The zero-order valence-electron chi connectivity index (χ0n) is 7.92. The van der Waals surface area contributed by atoms with Gasteiger partial charge in [-0.2, -0.15) is 0 Å². The zero-order valence-corrected chi connectivity index (χ0v) is 7.92. The molecule has 0 radical (unpaired) electrons. The van der Waals surface area contributed by atoms with Crippen molar-refractivity contribution in [3.8, 4) is 0 Å². The Balaban J connectivity index is 2.64. The summed E-state index contributed by atoms with van der Waals surface area (Å²) in [6.07, 6.45) is 3.46. The monoisotopic (exact) mass is 177 g/mol. The average molecular weight is 177 g/mol. The summed E-state index contributed by atoms with van der Waals surface area (Å²) in [5.41, 5.74) is 6.98. The van der Waals surface area contributed by atoms with E-state index >= 15 is 0 Å². The van der Waals surface area contributed by atoms with Crippen LogP contribution >= 0.6 is 0 Å². The van der Waals surface area contributed by atoms with Gasteiger partial charge in [-0.3, -0.25) is 4.79 Å². The molecule has 1 rings (SSSR count). The molecule has 0 spiro atoms. The molecule has 0 aliphatic carbocycles. The summed E-state index contributed by atoms with van der Waals surface area (Å²) >= 11 is 0. The topological polar surface area (TPSA) is 43.1 Å². The third-order valence-corrected chi connectivity index (χ3v) is 2.06. The van der Waals surface area contributed by atoms with Gasteiger partial charge in [0.1, 0.15) is 0 Å². The second kappa shape index (κ2) is 4.65. The van der Waals surface area contributed by atoms with E-state index < -0.39 is 0 Å². The lowest BCUT2D eigenvalue weighted by Crippen LogP contribution is -2.10. The van der Waals surface area contributed by atoms with Crippen LogP contribution in [0.15, 0.2) is 24.3 Å². The summed E-state index contributed by atoms with van der Waals surface area (Å²) in [4.78, 5) is 10.7. The minimum atomic E-state index is -0.359. The Kier molecular flexibility index (Phi) is 3.50. The molecule has 2 N–H and O–H groups in total. The highest BCUT2D eigenvalue weighted by molar-refractivity contribution is 5.92. The highest BCUT2D eigenvalue weighted by Crippen LogP contribution is 2.07. The number of hydrogen-bond donors (Lipinski definition) is 1. The number of aryl methyl sites for hydroxylation is 1. The number of carbonyl (C=O) groups is 1. The second-order valence-corrected chi connectivity index (χ2v) is 3.16. The van der Waals surface area contributed by atoms with Crippen LogP contribution in [-0.4, -0.2) is 5.91 Å². The van der Waals surface area contributed by atoms with Gasteiger partial charge in [0, 0.05) is 5.56 Å². The Labute approximate surface area is 78.8 Å². The number of benzene rings is 1. The summed E-state index contributed by atoms with van der Waals surface area (Å²) in [5.74, 6) is -0.359. The molecule has 0 unspecified atom stereocenters. The van der Waals surface area contributed by atoms with Crippen LogP contribution in [0.25, 0.3) is 0 Å². The molecule has 0 fully saturated rings. The van der Waals surface area contributed by atoms with E-state index in [2.05, 4.69) is 6.92 Å². The lowest BCUT2D eigenvalue weighted by Gasteiger charge is -2.00. The summed E-state index contributed by atoms with van der Waals surface area (Å²) in [5, 5.41) is 0. The Hall–Kier alpha value is -1.31. The maximum atomic E-state index is 10.7. The van der Waals surface area contributed by atoms with Crippen molar-refractivity contribution in [1.29, 1.82) is 0 Å². The van der Waals surface area contributed by atoms with Crippen molar-refractivity contribution in [3.63, 3.8) is 0 Å². The van der Waals surface area contributed by atoms with Gasteiger partial charge in [-0.1, -0.05) is 25.5 Å². The van der Waals surface area contributed by atoms with Crippen molar-refractivity contribution in [2.24, 2.45) is 5.73 Å². The smallest absolute Gasteiger partial charge is 0.248 e. The van der Waals surface area contributed by atoms with E-state index in [4.69, 9.17) is 5.73 Å². The molecule has 1 aromatic carbocycles. The van der Waals surface area contributed by atoms with E-state index in [9.17, 15) is 4.79 Å². The molecular formula is C11H15NO. The lowest BCUT2D eigenvalue weighted by atomic mass is 10.1. The van der Waals surface area contributed by atoms with Crippen molar-refractivity contribution in [2.75, 3.05) is 0 Å². The van der Waals surface area contributed by atoms with Crippen molar-refractivity contribution in [1.82, 2.24) is 0 Å². The standard InChI is InChI=1S/C11H15NO/c1-2-3-4-9-5-7-10(8-6-9)11(12)13/h5-8H,2-4H2,1H3,(H2,12,13). The van der Waals surface area contributed by atoms with Gasteiger partial charge in [0.2, 0.25) is 5.91 Å². The van der Waals surface area contributed by atoms with Crippen LogP contribution in [0, 0.1) is 0 Å². The largest absolute Gasteiger partial charge is 0.366 e.